The highest BCUT2D eigenvalue weighted by molar-refractivity contribution is 7.97. The van der Waals surface area contributed by atoms with E-state index >= 15 is 0 Å². The number of rotatable bonds is 1. The Bertz CT molecular complexity index is 23.6. The molecule has 0 saturated carbocycles. The molecule has 0 aromatic carbocycles. The Labute approximate surface area is 35.5 Å². The third kappa shape index (κ3) is 4.27. The lowest BCUT2D eigenvalue weighted by molar-refractivity contribution is 0.181. The molecule has 1 atom stereocenters. The van der Waals surface area contributed by atoms with Crippen molar-refractivity contribution in [3.05, 3.63) is 0 Å². The summed E-state index contributed by atoms with van der Waals surface area (Å²) in [4.78, 5) is 0. The van der Waals surface area contributed by atoms with Gasteiger partial charge in [-0.15, -0.1) is 0 Å². The molecule has 0 fully saturated rings. The quantitative estimate of drug-likeness (QED) is 0.375. The van der Waals surface area contributed by atoms with Crippen LogP contribution in [0.2, 0.25) is 0 Å². The van der Waals surface area contributed by atoms with Crippen molar-refractivity contribution < 1.29 is 5.11 Å². The molecule has 0 saturated heterocycles. The third-order valence-electron chi connectivity index (χ3n) is 0.192. The van der Waals surface area contributed by atoms with Gasteiger partial charge in [-0.2, -0.15) is 0 Å². The SMILES string of the molecule is CC([O])SN. The zero-order chi connectivity index (χ0) is 4.28. The minimum Gasteiger partial charge on any atom is -0.276 e. The summed E-state index contributed by atoms with van der Waals surface area (Å²) in [5, 5.41) is 14.5. The summed E-state index contributed by atoms with van der Waals surface area (Å²) in [5.74, 6) is 0. The topological polar surface area (TPSA) is 45.9 Å². The standard InChI is InChI=1S/C2H6NOS/c1-2(4)5-3/h2H,3H2,1H3. The molecule has 0 aromatic heterocycles. The molecule has 2 nitrogen and oxygen atoms in total. The summed E-state index contributed by atoms with van der Waals surface area (Å²) in [7, 11) is 0. The maximum absolute atomic E-state index is 9.73. The van der Waals surface area contributed by atoms with Crippen molar-refractivity contribution in [2.24, 2.45) is 5.14 Å². The Kier molecular flexibility index (Phi) is 2.64. The molecule has 0 aromatic rings. The first-order valence-electron chi connectivity index (χ1n) is 1.28. The van der Waals surface area contributed by atoms with Gasteiger partial charge >= 0.3 is 0 Å². The molecular weight excluding hydrogens is 86.1 g/mol. The van der Waals surface area contributed by atoms with E-state index in [2.05, 4.69) is 0 Å². The van der Waals surface area contributed by atoms with Gasteiger partial charge in [0.1, 0.15) is 5.44 Å². The first kappa shape index (κ1) is 5.27. The van der Waals surface area contributed by atoms with E-state index in [4.69, 9.17) is 5.14 Å². The van der Waals surface area contributed by atoms with Crippen molar-refractivity contribution in [3.8, 4) is 0 Å². The van der Waals surface area contributed by atoms with Gasteiger partial charge in [0.15, 0.2) is 0 Å². The second-order valence-electron chi connectivity index (χ2n) is 0.704. The predicted molar refractivity (Wildman–Crippen MR) is 21.9 cm³/mol. The van der Waals surface area contributed by atoms with Crippen LogP contribution in [-0.4, -0.2) is 5.44 Å². The fourth-order valence-electron chi connectivity index (χ4n) is 0. The summed E-state index contributed by atoms with van der Waals surface area (Å²) in [6, 6.07) is 0. The van der Waals surface area contributed by atoms with Gasteiger partial charge in [0, 0.05) is 0 Å². The minimum absolute atomic E-state index is 0.671. The Hall–Kier alpha value is 0.270. The molecule has 5 heavy (non-hydrogen) atoms. The Balaban J connectivity index is 2.54. The first-order valence-corrected chi connectivity index (χ1v) is 2.23. The largest absolute Gasteiger partial charge is 0.276 e. The van der Waals surface area contributed by atoms with Crippen molar-refractivity contribution in [1.82, 2.24) is 0 Å². The molecule has 0 aliphatic carbocycles. The number of nitrogens with two attached hydrogens (primary N) is 1. The lowest BCUT2D eigenvalue weighted by atomic mass is 10.9. The number of hydrogen-bond acceptors (Lipinski definition) is 2. The Morgan fingerprint density at radius 3 is 2.20 bits per heavy atom. The molecule has 2 N–H and O–H groups in total. The van der Waals surface area contributed by atoms with Crippen LogP contribution >= 0.6 is 11.9 Å². The normalized spacial score (nSPS) is 15.0. The smallest absolute Gasteiger partial charge is 0.149 e. The van der Waals surface area contributed by atoms with Gasteiger partial charge in [-0.1, -0.05) is 0 Å². The highest BCUT2D eigenvalue weighted by Gasteiger charge is 1.86. The molecule has 0 amide bonds. The van der Waals surface area contributed by atoms with E-state index in [-0.39, 0.29) is 0 Å². The van der Waals surface area contributed by atoms with Gasteiger partial charge in [-0.05, 0) is 18.9 Å². The molecular formula is C2H6NOS. The van der Waals surface area contributed by atoms with Crippen molar-refractivity contribution in [2.45, 2.75) is 12.4 Å². The predicted octanol–water partition coefficient (Wildman–Crippen LogP) is 0.370. The van der Waals surface area contributed by atoms with Crippen LogP contribution in [0.4, 0.5) is 0 Å². The summed E-state index contributed by atoms with van der Waals surface area (Å²) < 4.78 is 0. The van der Waals surface area contributed by atoms with Gasteiger partial charge in [-0.25, -0.2) is 5.11 Å². The van der Waals surface area contributed by atoms with Crippen molar-refractivity contribution in [1.29, 1.82) is 0 Å². The monoisotopic (exact) mass is 92.0 g/mol. The molecule has 1 unspecified atom stereocenters. The van der Waals surface area contributed by atoms with E-state index in [9.17, 15) is 5.11 Å². The van der Waals surface area contributed by atoms with E-state index in [0.717, 1.165) is 11.9 Å². The molecule has 1 radical (unpaired) electrons. The highest BCUT2D eigenvalue weighted by Crippen LogP contribution is 1.92. The Morgan fingerprint density at radius 1 is 2.00 bits per heavy atom. The average Bonchev–Trinajstić information content (AvgIpc) is 1.38. The summed E-state index contributed by atoms with van der Waals surface area (Å²) in [6.07, 6.45) is 0. The van der Waals surface area contributed by atoms with Crippen molar-refractivity contribution in [3.63, 3.8) is 0 Å². The molecule has 0 heterocycles. The van der Waals surface area contributed by atoms with Crippen molar-refractivity contribution >= 4 is 11.9 Å². The van der Waals surface area contributed by atoms with E-state index in [1.807, 2.05) is 0 Å². The zero-order valence-electron chi connectivity index (χ0n) is 2.97. The molecule has 0 bridgehead atoms. The molecule has 0 aliphatic heterocycles. The molecule has 31 valence electrons. The van der Waals surface area contributed by atoms with Gasteiger partial charge in [0.2, 0.25) is 0 Å². The minimum atomic E-state index is -0.671. The van der Waals surface area contributed by atoms with Gasteiger partial charge in [0.25, 0.3) is 0 Å². The van der Waals surface area contributed by atoms with Gasteiger partial charge in [-0.3, -0.25) is 5.14 Å². The lowest BCUT2D eigenvalue weighted by Crippen LogP contribution is -1.92. The fraction of sp³-hybridized carbons (Fsp3) is 1.00. The van der Waals surface area contributed by atoms with Gasteiger partial charge < -0.3 is 0 Å². The maximum Gasteiger partial charge on any atom is 0.149 e. The van der Waals surface area contributed by atoms with Crippen LogP contribution in [0.25, 0.3) is 0 Å². The average molecular weight is 92.1 g/mol. The van der Waals surface area contributed by atoms with Crippen LogP contribution in [0.3, 0.4) is 0 Å². The maximum atomic E-state index is 9.73. The summed E-state index contributed by atoms with van der Waals surface area (Å²) >= 11 is 0.824. The zero-order valence-corrected chi connectivity index (χ0v) is 3.79. The van der Waals surface area contributed by atoms with Crippen LogP contribution in [0.5, 0.6) is 0 Å². The molecule has 0 rings (SSSR count). The van der Waals surface area contributed by atoms with Crippen LogP contribution in [-0.2, 0) is 5.11 Å². The van der Waals surface area contributed by atoms with E-state index in [1.165, 1.54) is 6.92 Å². The third-order valence-corrected chi connectivity index (χ3v) is 0.575. The second kappa shape index (κ2) is 2.50. The second-order valence-corrected chi connectivity index (χ2v) is 1.64. The van der Waals surface area contributed by atoms with E-state index in [0.29, 0.717) is 0 Å². The fourth-order valence-corrected chi connectivity index (χ4v) is 0. The Morgan fingerprint density at radius 2 is 2.20 bits per heavy atom. The van der Waals surface area contributed by atoms with Crippen LogP contribution in [0, 0.1) is 0 Å². The summed E-state index contributed by atoms with van der Waals surface area (Å²) in [6.45, 7) is 1.50. The molecule has 0 aliphatic rings. The highest BCUT2D eigenvalue weighted by atomic mass is 32.2. The molecule has 3 heteroatoms. The first-order chi connectivity index (χ1) is 2.27. The van der Waals surface area contributed by atoms with E-state index in [1.54, 1.807) is 0 Å². The van der Waals surface area contributed by atoms with Gasteiger partial charge in [0.05, 0.1) is 0 Å². The van der Waals surface area contributed by atoms with Crippen LogP contribution in [0.1, 0.15) is 6.92 Å². The number of hydrogen-bond donors (Lipinski definition) is 1. The van der Waals surface area contributed by atoms with E-state index < -0.39 is 5.44 Å². The van der Waals surface area contributed by atoms with Crippen LogP contribution < -0.4 is 5.14 Å². The molecule has 0 spiro atoms. The lowest BCUT2D eigenvalue weighted by Gasteiger charge is -1.86. The van der Waals surface area contributed by atoms with Crippen molar-refractivity contribution in [2.75, 3.05) is 0 Å². The summed E-state index contributed by atoms with van der Waals surface area (Å²) in [5.41, 5.74) is -0.671. The van der Waals surface area contributed by atoms with Crippen LogP contribution in [0.15, 0.2) is 0 Å².